The van der Waals surface area contributed by atoms with Gasteiger partial charge < -0.3 is 10.6 Å². The molecule has 1 fully saturated rings. The molecule has 20 heavy (non-hydrogen) atoms. The van der Waals surface area contributed by atoms with Crippen LogP contribution >= 0.6 is 0 Å². The standard InChI is InChI=1S/C13H20FN3O2S/c14-12-8-11(20(16,18)19)5-6-13(12)17-7-3-1-2-4-10(17)9-15/h5-6,8,10H,1-4,7,9,15H2,(H2,16,18,19). The van der Waals surface area contributed by atoms with E-state index in [0.29, 0.717) is 12.2 Å². The molecule has 0 radical (unpaired) electrons. The lowest BCUT2D eigenvalue weighted by atomic mass is 10.1. The van der Waals surface area contributed by atoms with Crippen molar-refractivity contribution in [2.24, 2.45) is 10.9 Å². The van der Waals surface area contributed by atoms with Gasteiger partial charge in [-0.3, -0.25) is 0 Å². The highest BCUT2D eigenvalue weighted by Gasteiger charge is 2.23. The molecular formula is C13H20FN3O2S. The first-order chi connectivity index (χ1) is 9.43. The molecule has 112 valence electrons. The number of rotatable bonds is 3. The maximum atomic E-state index is 14.2. The van der Waals surface area contributed by atoms with Crippen molar-refractivity contribution in [3.05, 3.63) is 24.0 Å². The van der Waals surface area contributed by atoms with Gasteiger partial charge in [0.2, 0.25) is 10.0 Å². The van der Waals surface area contributed by atoms with E-state index < -0.39 is 15.8 Å². The van der Waals surface area contributed by atoms with Crippen molar-refractivity contribution in [3.63, 3.8) is 0 Å². The monoisotopic (exact) mass is 301 g/mol. The van der Waals surface area contributed by atoms with Crippen molar-refractivity contribution in [1.82, 2.24) is 0 Å². The van der Waals surface area contributed by atoms with Crippen molar-refractivity contribution in [2.75, 3.05) is 18.0 Å². The van der Waals surface area contributed by atoms with E-state index >= 15 is 0 Å². The Morgan fingerprint density at radius 3 is 2.65 bits per heavy atom. The Hall–Kier alpha value is -1.18. The summed E-state index contributed by atoms with van der Waals surface area (Å²) in [4.78, 5) is 1.73. The quantitative estimate of drug-likeness (QED) is 0.877. The fourth-order valence-corrected chi connectivity index (χ4v) is 3.16. The summed E-state index contributed by atoms with van der Waals surface area (Å²) in [5, 5.41) is 5.00. The van der Waals surface area contributed by atoms with Crippen LogP contribution in [0.15, 0.2) is 23.1 Å². The molecule has 7 heteroatoms. The summed E-state index contributed by atoms with van der Waals surface area (Å²) in [5.41, 5.74) is 6.17. The molecule has 5 nitrogen and oxygen atoms in total. The van der Waals surface area contributed by atoms with E-state index in [0.717, 1.165) is 38.3 Å². The first-order valence-corrected chi connectivity index (χ1v) is 8.27. The van der Waals surface area contributed by atoms with Crippen molar-refractivity contribution in [1.29, 1.82) is 0 Å². The van der Waals surface area contributed by atoms with Crippen LogP contribution in [0, 0.1) is 5.82 Å². The summed E-state index contributed by atoms with van der Waals surface area (Å²) in [6, 6.07) is 3.88. The van der Waals surface area contributed by atoms with Crippen molar-refractivity contribution < 1.29 is 12.8 Å². The topological polar surface area (TPSA) is 89.4 Å². The molecule has 4 N–H and O–H groups in total. The second-order valence-electron chi connectivity index (χ2n) is 5.09. The van der Waals surface area contributed by atoms with Gasteiger partial charge in [-0.1, -0.05) is 12.8 Å². The van der Waals surface area contributed by atoms with Gasteiger partial charge in [0.15, 0.2) is 0 Å². The molecule has 1 aliphatic heterocycles. The van der Waals surface area contributed by atoms with Crippen LogP contribution in [-0.2, 0) is 10.0 Å². The average Bonchev–Trinajstić information content (AvgIpc) is 2.62. The van der Waals surface area contributed by atoms with Crippen molar-refractivity contribution in [3.8, 4) is 0 Å². The van der Waals surface area contributed by atoms with E-state index in [4.69, 9.17) is 10.9 Å². The molecule has 0 amide bonds. The highest BCUT2D eigenvalue weighted by molar-refractivity contribution is 7.89. The molecule has 0 aliphatic carbocycles. The van der Waals surface area contributed by atoms with Crippen LogP contribution in [0.1, 0.15) is 25.7 Å². The maximum Gasteiger partial charge on any atom is 0.238 e. The van der Waals surface area contributed by atoms with Crippen LogP contribution in [0.4, 0.5) is 10.1 Å². The Balaban J connectivity index is 2.36. The third-order valence-corrected chi connectivity index (χ3v) is 4.62. The van der Waals surface area contributed by atoms with E-state index in [-0.39, 0.29) is 10.9 Å². The van der Waals surface area contributed by atoms with Gasteiger partial charge in [0.25, 0.3) is 0 Å². The molecule has 1 atom stereocenters. The molecule has 1 aliphatic rings. The van der Waals surface area contributed by atoms with Crippen molar-refractivity contribution >= 4 is 15.7 Å². The van der Waals surface area contributed by atoms with Gasteiger partial charge in [0.1, 0.15) is 5.82 Å². The predicted octanol–water partition coefficient (Wildman–Crippen LogP) is 1.18. The highest BCUT2D eigenvalue weighted by atomic mass is 32.2. The molecule has 0 saturated carbocycles. The Labute approximate surface area is 118 Å². The molecule has 1 unspecified atom stereocenters. The Bertz CT molecular complexity index is 577. The lowest BCUT2D eigenvalue weighted by Gasteiger charge is -2.31. The third kappa shape index (κ3) is 3.28. The number of hydrogen-bond donors (Lipinski definition) is 2. The van der Waals surface area contributed by atoms with Crippen LogP contribution in [-0.4, -0.2) is 27.5 Å². The minimum atomic E-state index is -3.88. The molecule has 1 saturated heterocycles. The van der Waals surface area contributed by atoms with E-state index in [1.165, 1.54) is 12.1 Å². The highest BCUT2D eigenvalue weighted by Crippen LogP contribution is 2.27. The number of benzene rings is 1. The molecule has 2 rings (SSSR count). The second-order valence-corrected chi connectivity index (χ2v) is 6.65. The first-order valence-electron chi connectivity index (χ1n) is 6.72. The number of anilines is 1. The fourth-order valence-electron chi connectivity index (χ4n) is 2.64. The Morgan fingerprint density at radius 1 is 1.30 bits per heavy atom. The summed E-state index contributed by atoms with van der Waals surface area (Å²) in [6.45, 7) is 1.18. The van der Waals surface area contributed by atoms with E-state index in [1.807, 2.05) is 4.90 Å². The molecule has 1 heterocycles. The summed E-state index contributed by atoms with van der Waals surface area (Å²) in [5.74, 6) is -0.572. The number of hydrogen-bond acceptors (Lipinski definition) is 4. The number of nitrogens with zero attached hydrogens (tertiary/aromatic N) is 1. The van der Waals surface area contributed by atoms with Gasteiger partial charge in [0.05, 0.1) is 10.6 Å². The van der Waals surface area contributed by atoms with Gasteiger partial charge >= 0.3 is 0 Å². The number of halogens is 1. The van der Waals surface area contributed by atoms with Crippen LogP contribution < -0.4 is 15.8 Å². The largest absolute Gasteiger partial charge is 0.365 e. The summed E-state index contributed by atoms with van der Waals surface area (Å²) in [7, 11) is -3.88. The lowest BCUT2D eigenvalue weighted by molar-refractivity contribution is 0.556. The van der Waals surface area contributed by atoms with Crippen LogP contribution in [0.3, 0.4) is 0 Å². The number of nitrogens with two attached hydrogens (primary N) is 2. The summed E-state index contributed by atoms with van der Waals surface area (Å²) in [6.07, 6.45) is 4.08. The molecule has 0 aromatic heterocycles. The average molecular weight is 301 g/mol. The molecule has 0 spiro atoms. The Kier molecular flexibility index (Phi) is 4.62. The minimum absolute atomic E-state index is 0.0901. The van der Waals surface area contributed by atoms with Crippen LogP contribution in [0.2, 0.25) is 0 Å². The zero-order valence-corrected chi connectivity index (χ0v) is 12.1. The lowest BCUT2D eigenvalue weighted by Crippen LogP contribution is -2.40. The van der Waals surface area contributed by atoms with Crippen molar-refractivity contribution in [2.45, 2.75) is 36.6 Å². The van der Waals surface area contributed by atoms with Gasteiger partial charge in [-0.15, -0.1) is 0 Å². The fraction of sp³-hybridized carbons (Fsp3) is 0.538. The molecule has 1 aromatic carbocycles. The molecule has 0 bridgehead atoms. The first kappa shape index (κ1) is 15.2. The van der Waals surface area contributed by atoms with E-state index in [1.54, 1.807) is 0 Å². The smallest absolute Gasteiger partial charge is 0.238 e. The van der Waals surface area contributed by atoms with Gasteiger partial charge in [-0.2, -0.15) is 0 Å². The maximum absolute atomic E-state index is 14.2. The normalized spacial score (nSPS) is 20.8. The van der Waals surface area contributed by atoms with Crippen LogP contribution in [0.25, 0.3) is 0 Å². The predicted molar refractivity (Wildman–Crippen MR) is 76.4 cm³/mol. The van der Waals surface area contributed by atoms with Gasteiger partial charge in [-0.25, -0.2) is 17.9 Å². The van der Waals surface area contributed by atoms with E-state index in [2.05, 4.69) is 0 Å². The van der Waals surface area contributed by atoms with E-state index in [9.17, 15) is 12.8 Å². The minimum Gasteiger partial charge on any atom is -0.365 e. The Morgan fingerprint density at radius 2 is 2.05 bits per heavy atom. The zero-order valence-electron chi connectivity index (χ0n) is 11.3. The van der Waals surface area contributed by atoms with Gasteiger partial charge in [-0.05, 0) is 31.0 Å². The summed E-state index contributed by atoms with van der Waals surface area (Å²) >= 11 is 0. The second kappa shape index (κ2) is 6.07. The number of primary sulfonamides is 1. The van der Waals surface area contributed by atoms with Gasteiger partial charge in [0, 0.05) is 19.1 Å². The number of sulfonamides is 1. The summed E-state index contributed by atoms with van der Waals surface area (Å²) < 4.78 is 36.7. The third-order valence-electron chi connectivity index (χ3n) is 3.71. The SMILES string of the molecule is NCC1CCCCCN1c1ccc(S(N)(=O)=O)cc1F. The molecule has 1 aromatic rings. The molecular weight excluding hydrogens is 281 g/mol. The zero-order chi connectivity index (χ0) is 14.8. The van der Waals surface area contributed by atoms with Crippen LogP contribution in [0.5, 0.6) is 0 Å².